The Hall–Kier alpha value is -3.34. The Bertz CT molecular complexity index is 1170. The number of anilines is 1. The fourth-order valence-corrected chi connectivity index (χ4v) is 4.25. The van der Waals surface area contributed by atoms with Crippen LogP contribution in [0.1, 0.15) is 18.4 Å². The summed E-state index contributed by atoms with van der Waals surface area (Å²) >= 11 is 0. The molecule has 0 bridgehead atoms. The molecule has 2 N–H and O–H groups in total. The van der Waals surface area contributed by atoms with Crippen molar-refractivity contribution in [1.29, 1.82) is 0 Å². The number of amides is 1. The number of primary amides is 1. The average Bonchev–Trinajstić information content (AvgIpc) is 3.36. The third-order valence-corrected chi connectivity index (χ3v) is 5.50. The van der Waals surface area contributed by atoms with Crippen molar-refractivity contribution in [1.82, 2.24) is 9.38 Å². The lowest BCUT2D eigenvalue weighted by atomic mass is 10.0. The molecule has 5 nitrogen and oxygen atoms in total. The summed E-state index contributed by atoms with van der Waals surface area (Å²) in [4.78, 5) is 19.2. The van der Waals surface area contributed by atoms with Crippen molar-refractivity contribution in [3.8, 4) is 11.3 Å². The van der Waals surface area contributed by atoms with Crippen LogP contribution < -0.4 is 10.6 Å². The molecule has 2 aromatic carbocycles. The maximum atomic E-state index is 11.7. The largest absolute Gasteiger partial charge is 0.369 e. The first-order valence-electron chi connectivity index (χ1n) is 9.74. The van der Waals surface area contributed by atoms with E-state index in [-0.39, 0.29) is 12.3 Å². The summed E-state index contributed by atoms with van der Waals surface area (Å²) < 4.78 is 2.24. The van der Waals surface area contributed by atoms with Gasteiger partial charge in [0.1, 0.15) is 0 Å². The summed E-state index contributed by atoms with van der Waals surface area (Å²) in [5.41, 5.74) is 10.6. The Kier molecular flexibility index (Phi) is 4.01. The van der Waals surface area contributed by atoms with E-state index >= 15 is 0 Å². The summed E-state index contributed by atoms with van der Waals surface area (Å²) in [6.07, 6.45) is 2.59. The van der Waals surface area contributed by atoms with Crippen LogP contribution >= 0.6 is 0 Å². The maximum Gasteiger partial charge on any atom is 0.221 e. The Morgan fingerprint density at radius 1 is 0.964 bits per heavy atom. The lowest BCUT2D eigenvalue weighted by molar-refractivity contribution is -0.117. The molecule has 3 heterocycles. The number of hydrogen-bond acceptors (Lipinski definition) is 3. The van der Waals surface area contributed by atoms with E-state index in [1.807, 2.05) is 30.3 Å². The number of pyridine rings is 1. The SMILES string of the molecule is NC(=O)Cc1cc2c(-c3ccccc3)nc(N3CCCC3)n2c2ccccc12. The van der Waals surface area contributed by atoms with Gasteiger partial charge in [-0.05, 0) is 30.5 Å². The highest BCUT2D eigenvalue weighted by atomic mass is 16.1. The highest BCUT2D eigenvalue weighted by molar-refractivity contribution is 5.95. The van der Waals surface area contributed by atoms with Gasteiger partial charge in [0.15, 0.2) is 0 Å². The molecule has 0 spiro atoms. The molecule has 4 aromatic rings. The summed E-state index contributed by atoms with van der Waals surface area (Å²) in [6.45, 7) is 2.04. The molecule has 1 aliphatic rings. The second-order valence-corrected chi connectivity index (χ2v) is 7.37. The third kappa shape index (κ3) is 2.71. The van der Waals surface area contributed by atoms with E-state index in [0.29, 0.717) is 0 Å². The van der Waals surface area contributed by atoms with Crippen molar-refractivity contribution in [3.63, 3.8) is 0 Å². The number of nitrogens with two attached hydrogens (primary N) is 1. The normalized spacial score (nSPS) is 14.2. The Balaban J connectivity index is 1.88. The summed E-state index contributed by atoms with van der Waals surface area (Å²) in [6, 6.07) is 20.5. The minimum absolute atomic E-state index is 0.218. The van der Waals surface area contributed by atoms with Gasteiger partial charge in [-0.3, -0.25) is 9.20 Å². The fourth-order valence-electron chi connectivity index (χ4n) is 4.25. The minimum atomic E-state index is -0.324. The number of aromatic nitrogens is 2. The molecule has 5 heteroatoms. The van der Waals surface area contributed by atoms with Crippen LogP contribution in [0.15, 0.2) is 60.7 Å². The number of benzene rings is 2. The first-order chi connectivity index (χ1) is 13.7. The van der Waals surface area contributed by atoms with Gasteiger partial charge >= 0.3 is 0 Å². The van der Waals surface area contributed by atoms with E-state index in [1.165, 1.54) is 12.8 Å². The molecule has 1 amide bonds. The van der Waals surface area contributed by atoms with Crippen molar-refractivity contribution < 1.29 is 4.79 Å². The molecule has 0 atom stereocenters. The fraction of sp³-hybridized carbons (Fsp3) is 0.217. The molecule has 1 fully saturated rings. The number of para-hydroxylation sites is 1. The van der Waals surface area contributed by atoms with Crippen molar-refractivity contribution >= 4 is 28.3 Å². The zero-order valence-corrected chi connectivity index (χ0v) is 15.6. The lowest BCUT2D eigenvalue weighted by Crippen LogP contribution is -2.20. The lowest BCUT2D eigenvalue weighted by Gasteiger charge is -2.17. The molecule has 0 saturated carbocycles. The van der Waals surface area contributed by atoms with Crippen LogP contribution in [0.25, 0.3) is 27.7 Å². The summed E-state index contributed by atoms with van der Waals surface area (Å²) in [5, 5.41) is 1.05. The molecular formula is C23H22N4O. The van der Waals surface area contributed by atoms with Crippen LogP contribution in [0.3, 0.4) is 0 Å². The van der Waals surface area contributed by atoms with Crippen molar-refractivity contribution in [2.24, 2.45) is 5.73 Å². The van der Waals surface area contributed by atoms with E-state index in [2.05, 4.69) is 39.6 Å². The van der Waals surface area contributed by atoms with Crippen LogP contribution in [-0.2, 0) is 11.2 Å². The van der Waals surface area contributed by atoms with Crippen LogP contribution in [0.5, 0.6) is 0 Å². The molecule has 28 heavy (non-hydrogen) atoms. The highest BCUT2D eigenvalue weighted by Gasteiger charge is 2.23. The van der Waals surface area contributed by atoms with Crippen molar-refractivity contribution in [2.45, 2.75) is 19.3 Å². The van der Waals surface area contributed by atoms with Gasteiger partial charge in [0.2, 0.25) is 11.9 Å². The molecular weight excluding hydrogens is 348 g/mol. The molecule has 140 valence electrons. The Morgan fingerprint density at radius 3 is 2.43 bits per heavy atom. The van der Waals surface area contributed by atoms with Gasteiger partial charge in [0, 0.05) is 24.0 Å². The topological polar surface area (TPSA) is 63.6 Å². The first-order valence-corrected chi connectivity index (χ1v) is 9.74. The summed E-state index contributed by atoms with van der Waals surface area (Å²) in [7, 11) is 0. The maximum absolute atomic E-state index is 11.7. The van der Waals surface area contributed by atoms with Gasteiger partial charge in [-0.15, -0.1) is 0 Å². The molecule has 0 aliphatic carbocycles. The van der Waals surface area contributed by atoms with Crippen molar-refractivity contribution in [2.75, 3.05) is 18.0 Å². The number of nitrogens with zero attached hydrogens (tertiary/aromatic N) is 3. The predicted octanol–water partition coefficient (Wildman–Crippen LogP) is 3.78. The number of fused-ring (bicyclic) bond motifs is 3. The smallest absolute Gasteiger partial charge is 0.221 e. The molecule has 5 rings (SSSR count). The zero-order chi connectivity index (χ0) is 19.1. The molecule has 0 unspecified atom stereocenters. The minimum Gasteiger partial charge on any atom is -0.369 e. The first kappa shape index (κ1) is 16.8. The number of carbonyl (C=O) groups excluding carboxylic acids is 1. The van der Waals surface area contributed by atoms with Crippen molar-refractivity contribution in [3.05, 3.63) is 66.2 Å². The summed E-state index contributed by atoms with van der Waals surface area (Å²) in [5.74, 6) is 0.656. The van der Waals surface area contributed by atoms with Gasteiger partial charge in [-0.2, -0.15) is 0 Å². The van der Waals surface area contributed by atoms with Crippen LogP contribution in [0.4, 0.5) is 5.95 Å². The van der Waals surface area contributed by atoms with E-state index in [0.717, 1.165) is 52.3 Å². The number of imidazole rings is 1. The number of hydrogen-bond donors (Lipinski definition) is 1. The molecule has 1 aliphatic heterocycles. The molecule has 0 radical (unpaired) electrons. The van der Waals surface area contributed by atoms with Crippen LogP contribution in [0.2, 0.25) is 0 Å². The van der Waals surface area contributed by atoms with E-state index < -0.39 is 0 Å². The monoisotopic (exact) mass is 370 g/mol. The quantitative estimate of drug-likeness (QED) is 0.595. The third-order valence-electron chi connectivity index (χ3n) is 5.50. The molecule has 2 aromatic heterocycles. The van der Waals surface area contributed by atoms with E-state index in [1.54, 1.807) is 0 Å². The van der Waals surface area contributed by atoms with Gasteiger partial charge in [-0.25, -0.2) is 4.98 Å². The second-order valence-electron chi connectivity index (χ2n) is 7.37. The Labute approximate surface area is 163 Å². The van der Waals surface area contributed by atoms with E-state index in [4.69, 9.17) is 10.7 Å². The predicted molar refractivity (Wildman–Crippen MR) is 112 cm³/mol. The average molecular weight is 370 g/mol. The standard InChI is InChI=1S/C23H22N4O/c24-21(28)15-17-14-20-22(16-8-2-1-3-9-16)25-23(26-12-6-7-13-26)27(20)19-11-5-4-10-18(17)19/h1-5,8-11,14H,6-7,12-13,15H2,(H2,24,28). The highest BCUT2D eigenvalue weighted by Crippen LogP contribution is 2.35. The number of rotatable bonds is 4. The van der Waals surface area contributed by atoms with Gasteiger partial charge in [-0.1, -0.05) is 48.5 Å². The second kappa shape index (κ2) is 6.68. The Morgan fingerprint density at radius 2 is 1.68 bits per heavy atom. The van der Waals surface area contributed by atoms with E-state index in [9.17, 15) is 4.79 Å². The van der Waals surface area contributed by atoms with Gasteiger partial charge in [0.25, 0.3) is 0 Å². The molecule has 1 saturated heterocycles. The van der Waals surface area contributed by atoms with Gasteiger partial charge < -0.3 is 10.6 Å². The number of carbonyl (C=O) groups is 1. The van der Waals surface area contributed by atoms with Crippen LogP contribution in [0, 0.1) is 0 Å². The van der Waals surface area contributed by atoms with Crippen LogP contribution in [-0.4, -0.2) is 28.4 Å². The zero-order valence-electron chi connectivity index (χ0n) is 15.6. The van der Waals surface area contributed by atoms with Gasteiger partial charge in [0.05, 0.1) is 23.1 Å².